The zero-order valence-corrected chi connectivity index (χ0v) is 12.4. The van der Waals surface area contributed by atoms with E-state index in [4.69, 9.17) is 11.1 Å². The minimum Gasteiger partial charge on any atom is -0.384 e. The summed E-state index contributed by atoms with van der Waals surface area (Å²) in [6.45, 7) is 6.20. The van der Waals surface area contributed by atoms with E-state index in [0.29, 0.717) is 0 Å². The number of aromatic nitrogens is 2. The Kier molecular flexibility index (Phi) is 3.01. The Morgan fingerprint density at radius 2 is 1.81 bits per heavy atom. The van der Waals surface area contributed by atoms with Crippen LogP contribution in [0.5, 0.6) is 0 Å². The van der Waals surface area contributed by atoms with Crippen LogP contribution >= 0.6 is 0 Å². The predicted octanol–water partition coefficient (Wildman–Crippen LogP) is 3.23. The Morgan fingerprint density at radius 1 is 1.10 bits per heavy atom. The molecule has 0 spiro atoms. The number of benzene rings is 2. The van der Waals surface area contributed by atoms with Crippen molar-refractivity contribution >= 4 is 16.9 Å². The van der Waals surface area contributed by atoms with E-state index in [1.807, 2.05) is 29.7 Å². The minimum atomic E-state index is 0.0689. The largest absolute Gasteiger partial charge is 0.384 e. The first-order valence-corrected chi connectivity index (χ1v) is 6.87. The molecule has 0 radical (unpaired) electrons. The molecule has 21 heavy (non-hydrogen) atoms. The van der Waals surface area contributed by atoms with E-state index in [0.717, 1.165) is 27.8 Å². The Hall–Kier alpha value is -2.62. The maximum atomic E-state index is 7.80. The molecular weight excluding hydrogens is 260 g/mol. The molecule has 0 aliphatic carbocycles. The second-order valence-corrected chi connectivity index (χ2v) is 5.42. The van der Waals surface area contributed by atoms with Crippen LogP contribution in [0.2, 0.25) is 0 Å². The lowest BCUT2D eigenvalue weighted by Crippen LogP contribution is -2.15. The molecule has 0 saturated heterocycles. The van der Waals surface area contributed by atoms with Crippen LogP contribution in [0.4, 0.5) is 0 Å². The van der Waals surface area contributed by atoms with Gasteiger partial charge in [-0.1, -0.05) is 12.1 Å². The molecule has 3 N–H and O–H groups in total. The van der Waals surface area contributed by atoms with Gasteiger partial charge in [0.15, 0.2) is 0 Å². The molecule has 0 atom stereocenters. The van der Waals surface area contributed by atoms with Crippen LogP contribution in [0.3, 0.4) is 0 Å². The number of hydrogen-bond donors (Lipinski definition) is 2. The number of nitrogens with zero attached hydrogens (tertiary/aromatic N) is 2. The molecule has 1 heterocycles. The number of amidine groups is 1. The first kappa shape index (κ1) is 13.4. The van der Waals surface area contributed by atoms with E-state index in [9.17, 15) is 0 Å². The highest BCUT2D eigenvalue weighted by molar-refractivity contribution is 5.99. The molecule has 0 unspecified atom stereocenters. The summed E-state index contributed by atoms with van der Waals surface area (Å²) in [7, 11) is 0. The molecule has 0 fully saturated rings. The van der Waals surface area contributed by atoms with Gasteiger partial charge in [-0.3, -0.25) is 9.98 Å². The lowest BCUT2D eigenvalue weighted by atomic mass is 10.1. The van der Waals surface area contributed by atoms with Gasteiger partial charge in [0.1, 0.15) is 12.2 Å². The highest BCUT2D eigenvalue weighted by atomic mass is 15.1. The maximum Gasteiger partial charge on any atom is 0.124 e. The van der Waals surface area contributed by atoms with Crippen LogP contribution < -0.4 is 5.73 Å². The van der Waals surface area contributed by atoms with Gasteiger partial charge in [-0.15, -0.1) is 0 Å². The van der Waals surface area contributed by atoms with Gasteiger partial charge in [-0.25, -0.2) is 4.98 Å². The third-order valence-electron chi connectivity index (χ3n) is 3.93. The predicted molar refractivity (Wildman–Crippen MR) is 86.3 cm³/mol. The fourth-order valence-corrected chi connectivity index (χ4v) is 2.64. The number of para-hydroxylation sites is 1. The van der Waals surface area contributed by atoms with Crippen molar-refractivity contribution in [1.29, 1.82) is 5.41 Å². The van der Waals surface area contributed by atoms with E-state index in [1.54, 1.807) is 6.33 Å². The second kappa shape index (κ2) is 4.74. The molecule has 3 aromatic rings. The topological polar surface area (TPSA) is 67.7 Å². The highest BCUT2D eigenvalue weighted by Gasteiger charge is 2.13. The Balaban J connectivity index is 2.36. The number of nitrogens with one attached hydrogen (secondary N) is 1. The lowest BCUT2D eigenvalue weighted by molar-refractivity contribution is 1.06. The van der Waals surface area contributed by atoms with E-state index in [1.165, 1.54) is 11.1 Å². The van der Waals surface area contributed by atoms with Crippen LogP contribution in [-0.4, -0.2) is 15.4 Å². The molecule has 0 bridgehead atoms. The van der Waals surface area contributed by atoms with Crippen LogP contribution in [-0.2, 0) is 0 Å². The first-order chi connectivity index (χ1) is 9.99. The standard InChI is InChI=1S/C17H18N4/c1-10-5-4-6-13(17(18)19)16(10)21-9-20-14-7-11(2)12(3)8-15(14)21/h4-9H,1-3H3,(H3,18,19). The highest BCUT2D eigenvalue weighted by Crippen LogP contribution is 2.26. The molecule has 1 aromatic heterocycles. The van der Waals surface area contributed by atoms with Crippen molar-refractivity contribution in [3.05, 3.63) is 58.9 Å². The summed E-state index contributed by atoms with van der Waals surface area (Å²) >= 11 is 0. The fourth-order valence-electron chi connectivity index (χ4n) is 2.64. The van der Waals surface area contributed by atoms with Crippen LogP contribution in [0.25, 0.3) is 16.7 Å². The number of fused-ring (bicyclic) bond motifs is 1. The minimum absolute atomic E-state index is 0.0689. The van der Waals surface area contributed by atoms with Gasteiger partial charge in [-0.2, -0.15) is 0 Å². The van der Waals surface area contributed by atoms with Gasteiger partial charge in [0, 0.05) is 5.56 Å². The second-order valence-electron chi connectivity index (χ2n) is 5.42. The summed E-state index contributed by atoms with van der Waals surface area (Å²) in [4.78, 5) is 4.49. The normalized spacial score (nSPS) is 11.0. The lowest BCUT2D eigenvalue weighted by Gasteiger charge is -2.14. The van der Waals surface area contributed by atoms with Gasteiger partial charge < -0.3 is 5.73 Å². The average molecular weight is 278 g/mol. The monoisotopic (exact) mass is 278 g/mol. The SMILES string of the molecule is Cc1cc2ncn(-c3c(C)cccc3C(=N)N)c2cc1C. The zero-order chi connectivity index (χ0) is 15.1. The molecule has 3 rings (SSSR count). The summed E-state index contributed by atoms with van der Waals surface area (Å²) in [5.74, 6) is 0.0689. The van der Waals surface area contributed by atoms with E-state index >= 15 is 0 Å². The molecule has 106 valence electrons. The Morgan fingerprint density at radius 3 is 2.52 bits per heavy atom. The summed E-state index contributed by atoms with van der Waals surface area (Å²) in [6, 6.07) is 10.0. The smallest absolute Gasteiger partial charge is 0.124 e. The Labute approximate surface area is 123 Å². The van der Waals surface area contributed by atoms with Crippen molar-refractivity contribution in [2.75, 3.05) is 0 Å². The number of nitrogen functional groups attached to an aromatic ring is 1. The van der Waals surface area contributed by atoms with Crippen molar-refractivity contribution in [3.8, 4) is 5.69 Å². The molecule has 0 saturated carbocycles. The Bertz CT molecular complexity index is 859. The van der Waals surface area contributed by atoms with E-state index in [2.05, 4.69) is 31.0 Å². The fraction of sp³-hybridized carbons (Fsp3) is 0.176. The summed E-state index contributed by atoms with van der Waals surface area (Å²) in [6.07, 6.45) is 1.80. The van der Waals surface area contributed by atoms with Gasteiger partial charge in [-0.05, 0) is 55.7 Å². The van der Waals surface area contributed by atoms with Gasteiger partial charge >= 0.3 is 0 Å². The number of imidazole rings is 1. The molecule has 4 nitrogen and oxygen atoms in total. The van der Waals surface area contributed by atoms with Crippen molar-refractivity contribution in [2.24, 2.45) is 5.73 Å². The third kappa shape index (κ3) is 2.09. The quantitative estimate of drug-likeness (QED) is 0.558. The van der Waals surface area contributed by atoms with Crippen LogP contribution in [0, 0.1) is 26.2 Å². The van der Waals surface area contributed by atoms with Crippen molar-refractivity contribution < 1.29 is 0 Å². The molecule has 0 aliphatic rings. The number of aryl methyl sites for hydroxylation is 3. The number of rotatable bonds is 2. The molecule has 0 amide bonds. The zero-order valence-electron chi connectivity index (χ0n) is 12.4. The van der Waals surface area contributed by atoms with Gasteiger partial charge in [0.2, 0.25) is 0 Å². The maximum absolute atomic E-state index is 7.80. The first-order valence-electron chi connectivity index (χ1n) is 6.87. The van der Waals surface area contributed by atoms with E-state index < -0.39 is 0 Å². The van der Waals surface area contributed by atoms with E-state index in [-0.39, 0.29) is 5.84 Å². The summed E-state index contributed by atoms with van der Waals surface area (Å²) in [5.41, 5.74) is 12.9. The van der Waals surface area contributed by atoms with Crippen molar-refractivity contribution in [1.82, 2.24) is 9.55 Å². The number of nitrogens with two attached hydrogens (primary N) is 1. The molecule has 4 heteroatoms. The van der Waals surface area contributed by atoms with Crippen molar-refractivity contribution in [2.45, 2.75) is 20.8 Å². The summed E-state index contributed by atoms with van der Waals surface area (Å²) < 4.78 is 2.02. The average Bonchev–Trinajstić information content (AvgIpc) is 2.81. The molecule has 0 aliphatic heterocycles. The number of hydrogen-bond acceptors (Lipinski definition) is 2. The summed E-state index contributed by atoms with van der Waals surface area (Å²) in [5, 5.41) is 7.80. The van der Waals surface area contributed by atoms with Crippen molar-refractivity contribution in [3.63, 3.8) is 0 Å². The molecule has 2 aromatic carbocycles. The third-order valence-corrected chi connectivity index (χ3v) is 3.93. The molecular formula is C17H18N4. The van der Waals surface area contributed by atoms with Crippen LogP contribution in [0.1, 0.15) is 22.3 Å². The van der Waals surface area contributed by atoms with Gasteiger partial charge in [0.05, 0.1) is 16.7 Å². The van der Waals surface area contributed by atoms with Crippen LogP contribution in [0.15, 0.2) is 36.7 Å². The van der Waals surface area contributed by atoms with Gasteiger partial charge in [0.25, 0.3) is 0 Å².